The monoisotopic (exact) mass is 435 g/mol. The predicted octanol–water partition coefficient (Wildman–Crippen LogP) is 2.98. The Labute approximate surface area is 187 Å². The van der Waals surface area contributed by atoms with Crippen LogP contribution >= 0.6 is 0 Å². The Kier molecular flexibility index (Phi) is 5.29. The minimum absolute atomic E-state index is 0.0309. The second-order valence-corrected chi connectivity index (χ2v) is 8.75. The number of rotatable bonds is 5. The van der Waals surface area contributed by atoms with Crippen LogP contribution < -0.4 is 19.8 Å². The van der Waals surface area contributed by atoms with E-state index in [0.717, 1.165) is 59.3 Å². The molecule has 7 nitrogen and oxygen atoms in total. The summed E-state index contributed by atoms with van der Waals surface area (Å²) in [6.45, 7) is 7.29. The lowest BCUT2D eigenvalue weighted by molar-refractivity contribution is 0.203. The molecule has 2 aliphatic rings. The molecule has 0 bridgehead atoms. The molecule has 2 atom stereocenters. The van der Waals surface area contributed by atoms with E-state index in [1.54, 1.807) is 24.8 Å². The summed E-state index contributed by atoms with van der Waals surface area (Å²) < 4.78 is 19.1. The van der Waals surface area contributed by atoms with Crippen molar-refractivity contribution in [1.29, 1.82) is 0 Å². The fraction of sp³-hybridized carbons (Fsp3) is 0.440. The van der Waals surface area contributed by atoms with Crippen molar-refractivity contribution in [2.75, 3.05) is 40.5 Å². The first-order chi connectivity index (χ1) is 15.5. The van der Waals surface area contributed by atoms with E-state index >= 15 is 0 Å². The summed E-state index contributed by atoms with van der Waals surface area (Å²) in [5, 5.41) is 0. The van der Waals surface area contributed by atoms with Gasteiger partial charge in [0.25, 0.3) is 5.56 Å². The van der Waals surface area contributed by atoms with Gasteiger partial charge in [0.2, 0.25) is 0 Å². The fourth-order valence-corrected chi connectivity index (χ4v) is 5.26. The molecule has 0 unspecified atom stereocenters. The second-order valence-electron chi connectivity index (χ2n) is 8.75. The molecule has 2 aromatic heterocycles. The molecule has 0 N–H and O–H groups in total. The first-order valence-corrected chi connectivity index (χ1v) is 11.1. The van der Waals surface area contributed by atoms with E-state index in [2.05, 4.69) is 16.0 Å². The molecule has 0 amide bonds. The third-order valence-corrected chi connectivity index (χ3v) is 6.96. The van der Waals surface area contributed by atoms with Gasteiger partial charge in [0.1, 0.15) is 11.4 Å². The number of hydrogen-bond donors (Lipinski definition) is 0. The van der Waals surface area contributed by atoms with Crippen LogP contribution in [0.25, 0.3) is 5.65 Å². The second kappa shape index (κ2) is 8.13. The number of methoxy groups -OCH3 is 2. The van der Waals surface area contributed by atoms with E-state index in [9.17, 15) is 4.79 Å². The highest BCUT2D eigenvalue weighted by Gasteiger charge is 2.40. The fourth-order valence-electron chi connectivity index (χ4n) is 5.26. The maximum Gasteiger partial charge on any atom is 0.261 e. The van der Waals surface area contributed by atoms with Crippen LogP contribution in [-0.2, 0) is 6.42 Å². The lowest BCUT2D eigenvalue weighted by Gasteiger charge is -2.30. The quantitative estimate of drug-likeness (QED) is 0.614. The van der Waals surface area contributed by atoms with Gasteiger partial charge < -0.3 is 19.1 Å². The Morgan fingerprint density at radius 1 is 1.19 bits per heavy atom. The molecule has 1 aromatic carbocycles. The van der Waals surface area contributed by atoms with Gasteiger partial charge >= 0.3 is 0 Å². The van der Waals surface area contributed by atoms with Gasteiger partial charge in [-0.15, -0.1) is 0 Å². The van der Waals surface area contributed by atoms with Crippen molar-refractivity contribution in [2.45, 2.75) is 26.2 Å². The van der Waals surface area contributed by atoms with Gasteiger partial charge in [-0.05, 0) is 38.5 Å². The molecule has 168 valence electrons. The largest absolute Gasteiger partial charge is 0.496 e. The summed E-state index contributed by atoms with van der Waals surface area (Å²) in [6.07, 6.45) is 2.47. The summed E-state index contributed by atoms with van der Waals surface area (Å²) >= 11 is 0. The summed E-state index contributed by atoms with van der Waals surface area (Å²) in [4.78, 5) is 20.1. The molecule has 5 rings (SSSR count). The molecular weight excluding hydrogens is 406 g/mol. The van der Waals surface area contributed by atoms with Gasteiger partial charge in [0.15, 0.2) is 11.5 Å². The highest BCUT2D eigenvalue weighted by Crippen LogP contribution is 2.49. The SMILES string of the molecule is COc1cc2c(c(OC)c1C)OC[C@@H]1CN(CCc3c(C)nc4ccccn4c3=O)C[C@@H]21. The van der Waals surface area contributed by atoms with E-state index < -0.39 is 0 Å². The smallest absolute Gasteiger partial charge is 0.261 e. The number of ether oxygens (including phenoxy) is 3. The zero-order valence-corrected chi connectivity index (χ0v) is 19.1. The van der Waals surface area contributed by atoms with Gasteiger partial charge in [-0.25, -0.2) is 4.98 Å². The molecule has 4 heterocycles. The molecule has 2 aliphatic heterocycles. The molecule has 0 aliphatic carbocycles. The first-order valence-electron chi connectivity index (χ1n) is 11.1. The van der Waals surface area contributed by atoms with Gasteiger partial charge in [-0.2, -0.15) is 0 Å². The number of pyridine rings is 1. The summed E-state index contributed by atoms with van der Waals surface area (Å²) in [5.74, 6) is 3.22. The summed E-state index contributed by atoms with van der Waals surface area (Å²) in [5.41, 5.74) is 4.45. The number of benzene rings is 1. The Morgan fingerprint density at radius 3 is 2.81 bits per heavy atom. The number of likely N-dealkylation sites (tertiary alicyclic amines) is 1. The average Bonchev–Trinajstić information content (AvgIpc) is 3.22. The Bertz CT molecular complexity index is 1240. The minimum Gasteiger partial charge on any atom is -0.496 e. The molecule has 0 saturated carbocycles. The van der Waals surface area contributed by atoms with E-state index in [1.807, 2.05) is 32.0 Å². The van der Waals surface area contributed by atoms with E-state index in [0.29, 0.717) is 30.5 Å². The summed E-state index contributed by atoms with van der Waals surface area (Å²) in [6, 6.07) is 7.74. The molecule has 32 heavy (non-hydrogen) atoms. The first kappa shape index (κ1) is 20.8. The predicted molar refractivity (Wildman–Crippen MR) is 122 cm³/mol. The van der Waals surface area contributed by atoms with Crippen LogP contribution in [0, 0.1) is 19.8 Å². The van der Waals surface area contributed by atoms with Gasteiger partial charge in [0.05, 0.1) is 20.8 Å². The zero-order chi connectivity index (χ0) is 22.4. The highest BCUT2D eigenvalue weighted by molar-refractivity contribution is 5.60. The Balaban J connectivity index is 1.38. The van der Waals surface area contributed by atoms with Gasteiger partial charge in [-0.3, -0.25) is 9.20 Å². The van der Waals surface area contributed by atoms with Crippen molar-refractivity contribution >= 4 is 5.65 Å². The van der Waals surface area contributed by atoms with Crippen LogP contribution in [0.5, 0.6) is 17.2 Å². The number of nitrogens with zero attached hydrogens (tertiary/aromatic N) is 3. The Morgan fingerprint density at radius 2 is 2.03 bits per heavy atom. The lowest BCUT2D eigenvalue weighted by Crippen LogP contribution is -2.28. The summed E-state index contributed by atoms with van der Waals surface area (Å²) in [7, 11) is 3.37. The van der Waals surface area contributed by atoms with Crippen LogP contribution in [0.1, 0.15) is 28.3 Å². The third kappa shape index (κ3) is 3.32. The average molecular weight is 436 g/mol. The minimum atomic E-state index is 0.0309. The standard InChI is InChI=1S/C25H29N3O4/c1-15-21(30-3)11-19-20-13-27(12-17(20)14-32-24(19)23(15)31-4)10-8-18-16(2)26-22-7-5-6-9-28(22)25(18)29/h5-7,9,11,17,20H,8,10,12-14H2,1-4H3/t17-,20+/m0/s1. The normalized spacial score (nSPS) is 20.0. The van der Waals surface area contributed by atoms with Crippen LogP contribution in [0.4, 0.5) is 0 Å². The molecule has 1 saturated heterocycles. The van der Waals surface area contributed by atoms with Crippen LogP contribution in [0.2, 0.25) is 0 Å². The number of aromatic nitrogens is 2. The van der Waals surface area contributed by atoms with Crippen molar-refractivity contribution in [1.82, 2.24) is 14.3 Å². The van der Waals surface area contributed by atoms with Crippen molar-refractivity contribution < 1.29 is 14.2 Å². The lowest BCUT2D eigenvalue weighted by atomic mass is 9.86. The third-order valence-electron chi connectivity index (χ3n) is 6.96. The van der Waals surface area contributed by atoms with Crippen LogP contribution in [0.3, 0.4) is 0 Å². The number of fused-ring (bicyclic) bond motifs is 4. The topological polar surface area (TPSA) is 65.3 Å². The maximum absolute atomic E-state index is 13.0. The van der Waals surface area contributed by atoms with E-state index in [-0.39, 0.29) is 5.56 Å². The molecule has 7 heteroatoms. The van der Waals surface area contributed by atoms with Crippen molar-refractivity contribution in [3.05, 3.63) is 63.2 Å². The van der Waals surface area contributed by atoms with Crippen LogP contribution in [-0.4, -0.2) is 54.7 Å². The van der Waals surface area contributed by atoms with Crippen LogP contribution in [0.15, 0.2) is 35.3 Å². The van der Waals surface area contributed by atoms with Gasteiger partial charge in [0, 0.05) is 60.1 Å². The molecule has 0 spiro atoms. The van der Waals surface area contributed by atoms with Gasteiger partial charge in [-0.1, -0.05) is 6.07 Å². The van der Waals surface area contributed by atoms with E-state index in [4.69, 9.17) is 14.2 Å². The van der Waals surface area contributed by atoms with E-state index in [1.165, 1.54) is 0 Å². The zero-order valence-electron chi connectivity index (χ0n) is 19.1. The van der Waals surface area contributed by atoms with Crippen molar-refractivity contribution in [2.24, 2.45) is 5.92 Å². The maximum atomic E-state index is 13.0. The molecular formula is C25H29N3O4. The molecule has 0 radical (unpaired) electrons. The van der Waals surface area contributed by atoms with Crippen molar-refractivity contribution in [3.8, 4) is 17.2 Å². The molecule has 1 fully saturated rings. The number of aryl methyl sites for hydroxylation is 1. The number of hydrogen-bond acceptors (Lipinski definition) is 6. The highest BCUT2D eigenvalue weighted by atomic mass is 16.5. The molecule has 3 aromatic rings. The Hall–Kier alpha value is -3.06. The van der Waals surface area contributed by atoms with Crippen molar-refractivity contribution in [3.63, 3.8) is 0 Å².